The fraction of sp³-hybridized carbons (Fsp3) is 0. The van der Waals surface area contributed by atoms with Crippen molar-refractivity contribution in [3.05, 3.63) is 0 Å². The second kappa shape index (κ2) is 8.89. The van der Waals surface area contributed by atoms with E-state index >= 15 is 0 Å². The van der Waals surface area contributed by atoms with Crippen molar-refractivity contribution in [1.82, 2.24) is 0 Å². The molecule has 0 aliphatic carbocycles. The van der Waals surface area contributed by atoms with Crippen LogP contribution >= 0.6 is 14.7 Å². The molecule has 0 amide bonds. The Hall–Kier alpha value is 2.02. The maximum Gasteiger partial charge on any atom is 0 e. The molecule has 1 radical (unpaired) electrons. The second-order valence-corrected chi connectivity index (χ2v) is 2.35. The summed E-state index contributed by atoms with van der Waals surface area (Å²) >= 11 is 1.01. The monoisotopic (exact) mass is 307 g/mol. The normalized spacial score (nSPS) is 3.50. The van der Waals surface area contributed by atoms with Gasteiger partial charge in [-0.1, -0.05) is 0 Å². The molecule has 0 rings (SSSR count). The van der Waals surface area contributed by atoms with E-state index in [2.05, 4.69) is 14.7 Å². The van der Waals surface area contributed by atoms with E-state index < -0.39 is 0 Å². The average Bonchev–Trinajstić information content (AvgIpc) is 0.918. The van der Waals surface area contributed by atoms with Crippen LogP contribution in [0.1, 0.15) is 0 Å². The van der Waals surface area contributed by atoms with Crippen molar-refractivity contribution < 1.29 is 32.6 Å². The molecule has 0 aromatic heterocycles. The van der Waals surface area contributed by atoms with Crippen molar-refractivity contribution in [1.29, 1.82) is 0 Å². The predicted molar refractivity (Wildman–Crippen MR) is 13.8 cm³/mol. The zero-order valence-corrected chi connectivity index (χ0v) is 7.08. The van der Waals surface area contributed by atoms with Gasteiger partial charge in [-0.15, -0.1) is 0 Å². The van der Waals surface area contributed by atoms with E-state index in [0.29, 0.717) is 0 Å². The van der Waals surface area contributed by atoms with E-state index in [1.807, 2.05) is 0 Å². The molecule has 0 heterocycles. The van der Waals surface area contributed by atoms with Crippen molar-refractivity contribution in [3.8, 4) is 0 Å². The van der Waals surface area contributed by atoms with Crippen molar-refractivity contribution in [2.24, 2.45) is 0 Å². The van der Waals surface area contributed by atoms with Gasteiger partial charge in [0.05, 0.1) is 0 Å². The van der Waals surface area contributed by atoms with Crippen molar-refractivity contribution in [3.63, 3.8) is 0 Å². The van der Waals surface area contributed by atoms with E-state index in [4.69, 9.17) is 0 Å². The largest absolute Gasteiger partial charge is 0 e. The molecule has 4 heteroatoms. The van der Waals surface area contributed by atoms with E-state index in [0.717, 1.165) is 12.2 Å². The van der Waals surface area contributed by atoms with Gasteiger partial charge < -0.3 is 0 Å². The zero-order valence-electron chi connectivity index (χ0n) is 1.59. The van der Waals surface area contributed by atoms with Crippen LogP contribution in [0.25, 0.3) is 0 Å². The summed E-state index contributed by atoms with van der Waals surface area (Å²) < 4.78 is 0. The zero-order chi connectivity index (χ0) is 2.71. The van der Waals surface area contributed by atoms with Crippen molar-refractivity contribution in [2.45, 2.75) is 0 Å². The molecule has 0 nitrogen and oxygen atoms in total. The second-order valence-electron chi connectivity index (χ2n) is 0.0632. The first-order valence-electron chi connectivity index (χ1n) is 0.283. The summed E-state index contributed by atoms with van der Waals surface area (Å²) in [6.45, 7) is 0. The number of hydrogen-bond acceptors (Lipinski definition) is 0. The third kappa shape index (κ3) is 8.99. The smallest absolute Gasteiger partial charge is 0 e. The van der Waals surface area contributed by atoms with Crippen LogP contribution < -0.4 is 0 Å². The van der Waals surface area contributed by atoms with Gasteiger partial charge >= 0.3 is 26.9 Å². The molecule has 0 saturated heterocycles. The van der Waals surface area contributed by atoms with Gasteiger partial charge in [0, 0.05) is 20.4 Å². The summed E-state index contributed by atoms with van der Waals surface area (Å²) in [5.74, 6) is 0. The number of hydrogen-bond donors (Lipinski definition) is 0. The first-order valence-corrected chi connectivity index (χ1v) is 3.50. The minimum absolute atomic E-state index is 0. The molecular formula is NiP2Re. The van der Waals surface area contributed by atoms with Crippen LogP contribution in [0.3, 0.4) is 0 Å². The Kier molecular flexibility index (Phi) is 20.9. The molecule has 0 aliphatic heterocycles. The first kappa shape index (κ1) is 9.38. The van der Waals surface area contributed by atoms with Crippen LogP contribution in [0.2, 0.25) is 0 Å². The Morgan fingerprint density at radius 1 is 1.25 bits per heavy atom. The fourth-order valence-corrected chi connectivity index (χ4v) is 0. The summed E-state index contributed by atoms with van der Waals surface area (Å²) in [4.78, 5) is 0. The molecule has 0 aromatic carbocycles. The van der Waals surface area contributed by atoms with Crippen LogP contribution in [0.4, 0.5) is 0 Å². The molecular weight excluding hydrogens is 307 g/mol. The minimum atomic E-state index is 0. The van der Waals surface area contributed by atoms with Crippen LogP contribution in [0.15, 0.2) is 0 Å². The van der Waals surface area contributed by atoms with E-state index in [-0.39, 0.29) is 20.4 Å². The van der Waals surface area contributed by atoms with Crippen LogP contribution in [0, 0.1) is 0 Å². The predicted octanol–water partition coefficient (Wildman–Crippen LogP) is 1.72. The van der Waals surface area contributed by atoms with Crippen LogP contribution in [0.5, 0.6) is 0 Å². The maximum atomic E-state index is 3.59. The Labute approximate surface area is 47.3 Å². The van der Waals surface area contributed by atoms with Gasteiger partial charge in [0.15, 0.2) is 0 Å². The Balaban J connectivity index is 0. The summed E-state index contributed by atoms with van der Waals surface area (Å²) in [7, 11) is 7.18. The molecule has 0 saturated carbocycles. The summed E-state index contributed by atoms with van der Waals surface area (Å²) in [5.41, 5.74) is 0. The SMILES string of the molecule is [P]#[Ni]#[P].[Re]. The Bertz CT molecular complexity index is 79.2. The Morgan fingerprint density at radius 3 is 1.25 bits per heavy atom. The fourth-order valence-electron chi connectivity index (χ4n) is 0. The van der Waals surface area contributed by atoms with Gasteiger partial charge in [-0.2, -0.15) is 0 Å². The molecule has 27 valence electrons. The molecule has 0 bridgehead atoms. The molecule has 0 unspecified atom stereocenters. The molecule has 0 fully saturated rings. The summed E-state index contributed by atoms with van der Waals surface area (Å²) in [6.07, 6.45) is 0. The van der Waals surface area contributed by atoms with Gasteiger partial charge in [-0.05, 0) is 0 Å². The topological polar surface area (TPSA) is 0 Å². The molecule has 0 aromatic rings. The first-order chi connectivity index (χ1) is 1.41. The average molecular weight is 307 g/mol. The van der Waals surface area contributed by atoms with Crippen molar-refractivity contribution in [2.75, 3.05) is 0 Å². The number of rotatable bonds is 0. The van der Waals surface area contributed by atoms with Gasteiger partial charge in [0.2, 0.25) is 0 Å². The third-order valence-corrected chi connectivity index (χ3v) is 0. The molecule has 0 spiro atoms. The van der Waals surface area contributed by atoms with Crippen molar-refractivity contribution >= 4 is 14.7 Å². The van der Waals surface area contributed by atoms with Gasteiger partial charge in [0.25, 0.3) is 0 Å². The molecule has 0 aliphatic rings. The van der Waals surface area contributed by atoms with E-state index in [1.54, 1.807) is 0 Å². The van der Waals surface area contributed by atoms with Crippen LogP contribution in [-0.4, -0.2) is 0 Å². The van der Waals surface area contributed by atoms with Gasteiger partial charge in [-0.25, -0.2) is 0 Å². The standard InChI is InChI=1S/Ni.2P.Re. The Morgan fingerprint density at radius 2 is 1.25 bits per heavy atom. The molecule has 4 heavy (non-hydrogen) atoms. The van der Waals surface area contributed by atoms with E-state index in [9.17, 15) is 0 Å². The molecule has 0 N–H and O–H groups in total. The maximum absolute atomic E-state index is 3.59. The summed E-state index contributed by atoms with van der Waals surface area (Å²) in [6, 6.07) is 0. The third-order valence-electron chi connectivity index (χ3n) is 0. The molecule has 0 atom stereocenters. The van der Waals surface area contributed by atoms with Gasteiger partial charge in [-0.3, -0.25) is 0 Å². The summed E-state index contributed by atoms with van der Waals surface area (Å²) in [5, 5.41) is 0. The minimum Gasteiger partial charge on any atom is 0 e. The quantitative estimate of drug-likeness (QED) is 0.472. The van der Waals surface area contributed by atoms with E-state index in [1.165, 1.54) is 0 Å². The van der Waals surface area contributed by atoms with Gasteiger partial charge in [0.1, 0.15) is 0 Å². The van der Waals surface area contributed by atoms with Crippen LogP contribution in [-0.2, 0) is 32.6 Å².